The summed E-state index contributed by atoms with van der Waals surface area (Å²) in [4.78, 5) is 16.2. The van der Waals surface area contributed by atoms with Crippen molar-refractivity contribution in [1.82, 2.24) is 9.80 Å². The molecule has 0 aromatic heterocycles. The van der Waals surface area contributed by atoms with Gasteiger partial charge in [-0.25, -0.2) is 0 Å². The molecule has 2 aliphatic rings. The average molecular weight is 222 g/mol. The summed E-state index contributed by atoms with van der Waals surface area (Å²) >= 11 is 0. The van der Waals surface area contributed by atoms with E-state index < -0.39 is 0 Å². The van der Waals surface area contributed by atoms with E-state index in [9.17, 15) is 4.79 Å². The summed E-state index contributed by atoms with van der Waals surface area (Å²) in [6.45, 7) is 7.57. The number of hydrogen-bond donors (Lipinski definition) is 0. The molecule has 0 aliphatic carbocycles. The van der Waals surface area contributed by atoms with E-state index >= 15 is 0 Å². The highest BCUT2D eigenvalue weighted by Crippen LogP contribution is 2.18. The number of carbonyl (C=O) groups excluding carboxylic acids is 1. The molecule has 0 atom stereocenters. The van der Waals surface area contributed by atoms with Crippen molar-refractivity contribution in [3.05, 3.63) is 12.3 Å². The average Bonchev–Trinajstić information content (AvgIpc) is 2.73. The van der Waals surface area contributed by atoms with Crippen LogP contribution in [0.4, 0.5) is 0 Å². The molecule has 2 aliphatic heterocycles. The minimum Gasteiger partial charge on any atom is -0.366 e. The van der Waals surface area contributed by atoms with Gasteiger partial charge < -0.3 is 9.80 Å². The summed E-state index contributed by atoms with van der Waals surface area (Å²) in [7, 11) is 0. The van der Waals surface area contributed by atoms with Crippen molar-refractivity contribution in [3.63, 3.8) is 0 Å². The molecule has 0 spiro atoms. The third-order valence-corrected chi connectivity index (χ3v) is 3.63. The molecule has 90 valence electrons. The van der Waals surface area contributed by atoms with Gasteiger partial charge in [0.1, 0.15) is 0 Å². The third-order valence-electron chi connectivity index (χ3n) is 3.63. The van der Waals surface area contributed by atoms with Gasteiger partial charge in [-0.15, -0.1) is 0 Å². The molecule has 0 bridgehead atoms. The monoisotopic (exact) mass is 222 g/mol. The van der Waals surface area contributed by atoms with Crippen LogP contribution in [0, 0.1) is 0 Å². The second-order valence-corrected chi connectivity index (χ2v) is 4.89. The van der Waals surface area contributed by atoms with Crippen LogP contribution in [-0.2, 0) is 4.79 Å². The van der Waals surface area contributed by atoms with Crippen molar-refractivity contribution < 1.29 is 4.79 Å². The Labute approximate surface area is 98.1 Å². The summed E-state index contributed by atoms with van der Waals surface area (Å²) < 4.78 is 0. The molecule has 2 fully saturated rings. The first kappa shape index (κ1) is 11.5. The number of carbonyl (C=O) groups is 1. The minimum atomic E-state index is 0.292. The van der Waals surface area contributed by atoms with E-state index in [0.29, 0.717) is 12.5 Å². The predicted molar refractivity (Wildman–Crippen MR) is 65.0 cm³/mol. The molecule has 16 heavy (non-hydrogen) atoms. The fourth-order valence-corrected chi connectivity index (χ4v) is 2.55. The van der Waals surface area contributed by atoms with E-state index in [1.165, 1.54) is 32.1 Å². The van der Waals surface area contributed by atoms with Crippen LogP contribution in [0.2, 0.25) is 0 Å². The lowest BCUT2D eigenvalue weighted by Gasteiger charge is -2.26. The van der Waals surface area contributed by atoms with Gasteiger partial charge in [0.2, 0.25) is 5.91 Å². The SMILES string of the molecule is C=C1CCCCCN1CC(=O)N1CCCC1. The molecular formula is C13H22N2O. The third kappa shape index (κ3) is 2.77. The normalized spacial score (nSPS) is 22.4. The van der Waals surface area contributed by atoms with Crippen molar-refractivity contribution in [3.8, 4) is 0 Å². The Morgan fingerprint density at radius 1 is 1.06 bits per heavy atom. The van der Waals surface area contributed by atoms with E-state index in [-0.39, 0.29) is 0 Å². The van der Waals surface area contributed by atoms with Crippen LogP contribution in [0.15, 0.2) is 12.3 Å². The number of allylic oxidation sites excluding steroid dienone is 1. The zero-order valence-corrected chi connectivity index (χ0v) is 10.1. The molecule has 2 saturated heterocycles. The fourth-order valence-electron chi connectivity index (χ4n) is 2.55. The Kier molecular flexibility index (Phi) is 3.86. The summed E-state index contributed by atoms with van der Waals surface area (Å²) in [6, 6.07) is 0. The number of likely N-dealkylation sites (tertiary alicyclic amines) is 2. The first-order valence-corrected chi connectivity index (χ1v) is 6.48. The zero-order chi connectivity index (χ0) is 11.4. The van der Waals surface area contributed by atoms with E-state index in [2.05, 4.69) is 11.5 Å². The van der Waals surface area contributed by atoms with Crippen LogP contribution in [0.5, 0.6) is 0 Å². The van der Waals surface area contributed by atoms with Gasteiger partial charge in [-0.05, 0) is 32.1 Å². The molecule has 3 nitrogen and oxygen atoms in total. The maximum atomic E-state index is 12.0. The van der Waals surface area contributed by atoms with Gasteiger partial charge in [-0.3, -0.25) is 4.79 Å². The highest BCUT2D eigenvalue weighted by Gasteiger charge is 2.21. The van der Waals surface area contributed by atoms with E-state index in [1.54, 1.807) is 0 Å². The zero-order valence-electron chi connectivity index (χ0n) is 10.1. The van der Waals surface area contributed by atoms with Crippen molar-refractivity contribution in [1.29, 1.82) is 0 Å². The standard InChI is InChI=1S/C13H22N2O/c1-12-7-3-2-4-10-15(12)11-13(16)14-8-5-6-9-14/h1-11H2. The van der Waals surface area contributed by atoms with Gasteiger partial charge in [0.25, 0.3) is 0 Å². The van der Waals surface area contributed by atoms with Gasteiger partial charge in [-0.2, -0.15) is 0 Å². The Morgan fingerprint density at radius 3 is 2.50 bits per heavy atom. The lowest BCUT2D eigenvalue weighted by molar-refractivity contribution is -0.130. The molecule has 0 aromatic rings. The largest absolute Gasteiger partial charge is 0.366 e. The van der Waals surface area contributed by atoms with Gasteiger partial charge in [0.15, 0.2) is 0 Å². The molecule has 1 amide bonds. The molecule has 2 heterocycles. The summed E-state index contributed by atoms with van der Waals surface area (Å²) in [5.41, 5.74) is 1.16. The van der Waals surface area contributed by atoms with Gasteiger partial charge in [0, 0.05) is 25.3 Å². The van der Waals surface area contributed by atoms with Crippen molar-refractivity contribution >= 4 is 5.91 Å². The van der Waals surface area contributed by atoms with Crippen LogP contribution in [0.1, 0.15) is 38.5 Å². The molecule has 3 heteroatoms. The lowest BCUT2D eigenvalue weighted by atomic mass is 10.2. The van der Waals surface area contributed by atoms with E-state index in [4.69, 9.17) is 0 Å². The van der Waals surface area contributed by atoms with Crippen LogP contribution in [-0.4, -0.2) is 41.9 Å². The van der Waals surface area contributed by atoms with Crippen molar-refractivity contribution in [2.24, 2.45) is 0 Å². The van der Waals surface area contributed by atoms with E-state index in [1.807, 2.05) is 4.90 Å². The predicted octanol–water partition coefficient (Wildman–Crippen LogP) is 2.00. The molecule has 2 rings (SSSR count). The van der Waals surface area contributed by atoms with Gasteiger partial charge in [0.05, 0.1) is 6.54 Å². The maximum Gasteiger partial charge on any atom is 0.242 e. The lowest BCUT2D eigenvalue weighted by Crippen LogP contribution is -2.38. The first-order chi connectivity index (χ1) is 7.77. The fraction of sp³-hybridized carbons (Fsp3) is 0.769. The van der Waals surface area contributed by atoms with Crippen LogP contribution < -0.4 is 0 Å². The smallest absolute Gasteiger partial charge is 0.242 e. The molecule has 0 saturated carbocycles. The molecular weight excluding hydrogens is 200 g/mol. The number of hydrogen-bond acceptors (Lipinski definition) is 2. The quantitative estimate of drug-likeness (QED) is 0.713. The van der Waals surface area contributed by atoms with Crippen molar-refractivity contribution in [2.45, 2.75) is 38.5 Å². The Morgan fingerprint density at radius 2 is 1.75 bits per heavy atom. The molecule has 0 unspecified atom stereocenters. The van der Waals surface area contributed by atoms with Crippen LogP contribution >= 0.6 is 0 Å². The Hall–Kier alpha value is -0.990. The van der Waals surface area contributed by atoms with Crippen molar-refractivity contribution in [2.75, 3.05) is 26.2 Å². The second-order valence-electron chi connectivity index (χ2n) is 4.89. The first-order valence-electron chi connectivity index (χ1n) is 6.48. The van der Waals surface area contributed by atoms with Crippen LogP contribution in [0.3, 0.4) is 0 Å². The second kappa shape index (κ2) is 5.37. The highest BCUT2D eigenvalue weighted by molar-refractivity contribution is 5.78. The molecule has 0 aromatic carbocycles. The van der Waals surface area contributed by atoms with Gasteiger partial charge in [-0.1, -0.05) is 13.0 Å². The number of nitrogens with zero attached hydrogens (tertiary/aromatic N) is 2. The minimum absolute atomic E-state index is 0.292. The highest BCUT2D eigenvalue weighted by atomic mass is 16.2. The summed E-state index contributed by atoms with van der Waals surface area (Å²) in [6.07, 6.45) is 7.11. The summed E-state index contributed by atoms with van der Waals surface area (Å²) in [5.74, 6) is 0.292. The summed E-state index contributed by atoms with van der Waals surface area (Å²) in [5, 5.41) is 0. The topological polar surface area (TPSA) is 23.6 Å². The molecule has 0 radical (unpaired) electrons. The Bertz CT molecular complexity index is 269. The Balaban J connectivity index is 1.86. The number of rotatable bonds is 2. The van der Waals surface area contributed by atoms with E-state index in [0.717, 1.165) is 31.8 Å². The maximum absolute atomic E-state index is 12.0. The number of amides is 1. The molecule has 0 N–H and O–H groups in total. The van der Waals surface area contributed by atoms with Gasteiger partial charge >= 0.3 is 0 Å². The van der Waals surface area contributed by atoms with Crippen LogP contribution in [0.25, 0.3) is 0 Å².